The Morgan fingerprint density at radius 1 is 1.11 bits per heavy atom. The maximum absolute atomic E-state index is 13.0. The van der Waals surface area contributed by atoms with Crippen LogP contribution < -0.4 is 10.7 Å². The molecule has 0 saturated carbocycles. The maximum Gasteiger partial charge on any atom is 0.523 e. The van der Waals surface area contributed by atoms with E-state index < -0.39 is 12.5 Å². The summed E-state index contributed by atoms with van der Waals surface area (Å²) in [5.41, 5.74) is 5.88. The van der Waals surface area contributed by atoms with Gasteiger partial charge in [-0.2, -0.15) is 0 Å². The molecule has 2 aliphatic carbocycles. The molecule has 0 saturated heterocycles. The van der Waals surface area contributed by atoms with Gasteiger partial charge in [-0.1, -0.05) is 18.2 Å². The first-order chi connectivity index (χ1) is 17.7. The Bertz CT molecular complexity index is 1550. The predicted molar refractivity (Wildman–Crippen MR) is 138 cm³/mol. The number of para-hydroxylation sites is 2. The van der Waals surface area contributed by atoms with E-state index >= 15 is 0 Å². The molecule has 0 amide bonds. The van der Waals surface area contributed by atoms with Crippen molar-refractivity contribution in [2.45, 2.75) is 45.7 Å². The zero-order valence-corrected chi connectivity index (χ0v) is 20.6. The molecule has 37 heavy (non-hydrogen) atoms. The number of pyridine rings is 1. The molecule has 6 nitrogen and oxygen atoms in total. The molecule has 2 heterocycles. The molecule has 190 valence electrons. The van der Waals surface area contributed by atoms with E-state index in [1.54, 1.807) is 12.3 Å². The molecule has 0 spiro atoms. The quantitative estimate of drug-likeness (QED) is 0.310. The summed E-state index contributed by atoms with van der Waals surface area (Å²) in [5.74, 6) is 0. The largest absolute Gasteiger partial charge is 0.523 e. The molecule has 5 rings (SSSR count). The van der Waals surface area contributed by atoms with Crippen LogP contribution >= 0.6 is 0 Å². The van der Waals surface area contributed by atoms with Gasteiger partial charge in [0.1, 0.15) is 0 Å². The first-order valence-corrected chi connectivity index (χ1v) is 12.0. The lowest BCUT2D eigenvalue weighted by atomic mass is 10.1. The number of rotatable bonds is 5. The number of allylic oxidation sites excluding steroid dienone is 2. The molecule has 9 heteroatoms. The summed E-state index contributed by atoms with van der Waals surface area (Å²) in [5, 5.41) is 4.15. The SMILES string of the molecule is Cc1ncccc1Nc1cc2nc3ccccc3n(C3=CC(OC(F)(F)F)CC=C3)c-2cc1=NC(C)C. The van der Waals surface area contributed by atoms with Crippen molar-refractivity contribution >= 4 is 28.1 Å². The summed E-state index contributed by atoms with van der Waals surface area (Å²) >= 11 is 0. The number of alkyl halides is 3. The Morgan fingerprint density at radius 2 is 1.92 bits per heavy atom. The van der Waals surface area contributed by atoms with Crippen molar-refractivity contribution in [1.29, 1.82) is 0 Å². The van der Waals surface area contributed by atoms with Crippen LogP contribution in [-0.2, 0) is 4.74 Å². The Balaban J connectivity index is 1.75. The first-order valence-electron chi connectivity index (χ1n) is 12.0. The van der Waals surface area contributed by atoms with Crippen LogP contribution in [0.3, 0.4) is 0 Å². The summed E-state index contributed by atoms with van der Waals surface area (Å²) in [7, 11) is 0. The van der Waals surface area contributed by atoms with Gasteiger partial charge in [0.25, 0.3) is 0 Å². The van der Waals surface area contributed by atoms with Gasteiger partial charge in [0.2, 0.25) is 0 Å². The lowest BCUT2D eigenvalue weighted by molar-refractivity contribution is -0.335. The smallest absolute Gasteiger partial charge is 0.352 e. The number of hydrogen-bond donors (Lipinski definition) is 1. The number of nitrogens with zero attached hydrogens (tertiary/aromatic N) is 4. The number of anilines is 2. The Labute approximate surface area is 212 Å². The van der Waals surface area contributed by atoms with Crippen molar-refractivity contribution in [2.24, 2.45) is 4.99 Å². The van der Waals surface area contributed by atoms with Gasteiger partial charge in [-0.25, -0.2) is 4.98 Å². The summed E-state index contributed by atoms with van der Waals surface area (Å²) in [6.07, 6.45) is 1.04. The van der Waals surface area contributed by atoms with Crippen LogP contribution in [0.2, 0.25) is 0 Å². The maximum atomic E-state index is 13.0. The zero-order valence-electron chi connectivity index (χ0n) is 20.6. The first kappa shape index (κ1) is 24.7. The Kier molecular flexibility index (Phi) is 6.55. The second-order valence-corrected chi connectivity index (χ2v) is 9.11. The van der Waals surface area contributed by atoms with Crippen LogP contribution in [0.25, 0.3) is 28.1 Å². The van der Waals surface area contributed by atoms with Crippen LogP contribution in [-0.4, -0.2) is 33.0 Å². The Morgan fingerprint density at radius 3 is 2.68 bits per heavy atom. The molecule has 1 atom stereocenters. The average Bonchev–Trinajstić information content (AvgIpc) is 2.83. The topological polar surface area (TPSA) is 64.3 Å². The van der Waals surface area contributed by atoms with Gasteiger partial charge in [0.05, 0.1) is 51.0 Å². The van der Waals surface area contributed by atoms with E-state index in [2.05, 4.69) is 15.0 Å². The number of aryl methyl sites for hydroxylation is 1. The molecule has 1 aromatic carbocycles. The number of nitrogens with one attached hydrogen (secondary N) is 1. The van der Waals surface area contributed by atoms with Gasteiger partial charge in [-0.3, -0.25) is 14.7 Å². The number of fused-ring (bicyclic) bond motifs is 2. The number of ether oxygens (including phenoxy) is 1. The van der Waals surface area contributed by atoms with E-state index in [9.17, 15) is 13.2 Å². The van der Waals surface area contributed by atoms with Crippen LogP contribution in [0.1, 0.15) is 26.0 Å². The number of aromatic nitrogens is 3. The molecular formula is C28H26F3N5O. The van der Waals surface area contributed by atoms with E-state index in [0.29, 0.717) is 22.3 Å². The summed E-state index contributed by atoms with van der Waals surface area (Å²) < 4.78 is 45.2. The highest BCUT2D eigenvalue weighted by Crippen LogP contribution is 2.33. The molecule has 1 N–H and O–H groups in total. The van der Waals surface area contributed by atoms with Crippen molar-refractivity contribution in [3.05, 3.63) is 84.0 Å². The zero-order chi connectivity index (χ0) is 26.2. The molecule has 0 bridgehead atoms. The number of benzene rings is 2. The van der Waals surface area contributed by atoms with Crippen molar-refractivity contribution in [3.8, 4) is 11.4 Å². The van der Waals surface area contributed by atoms with E-state index in [-0.39, 0.29) is 12.5 Å². The summed E-state index contributed by atoms with van der Waals surface area (Å²) in [6, 6.07) is 15.2. The highest BCUT2D eigenvalue weighted by atomic mass is 19.4. The fourth-order valence-corrected chi connectivity index (χ4v) is 4.41. The van der Waals surface area contributed by atoms with Gasteiger partial charge >= 0.3 is 6.36 Å². The van der Waals surface area contributed by atoms with Gasteiger partial charge in [-0.15, -0.1) is 13.2 Å². The second kappa shape index (κ2) is 9.82. The van der Waals surface area contributed by atoms with Crippen LogP contribution in [0, 0.1) is 6.92 Å². The normalized spacial score (nSPS) is 16.6. The van der Waals surface area contributed by atoms with Gasteiger partial charge in [-0.05, 0) is 75.7 Å². The molecule has 1 unspecified atom stereocenters. The van der Waals surface area contributed by atoms with Gasteiger partial charge in [0, 0.05) is 17.9 Å². The van der Waals surface area contributed by atoms with Crippen molar-refractivity contribution < 1.29 is 17.9 Å². The van der Waals surface area contributed by atoms with Crippen LogP contribution in [0.4, 0.5) is 24.5 Å². The predicted octanol–water partition coefficient (Wildman–Crippen LogP) is 6.60. The van der Waals surface area contributed by atoms with Crippen molar-refractivity contribution in [3.63, 3.8) is 0 Å². The molecule has 1 aromatic heterocycles. The lowest BCUT2D eigenvalue weighted by Gasteiger charge is -2.24. The third-order valence-electron chi connectivity index (χ3n) is 5.93. The van der Waals surface area contributed by atoms with Gasteiger partial charge in [0.15, 0.2) is 0 Å². The summed E-state index contributed by atoms with van der Waals surface area (Å²) in [4.78, 5) is 14.1. The minimum absolute atomic E-state index is 0.00761. The van der Waals surface area contributed by atoms with E-state index in [1.807, 2.05) is 79.9 Å². The van der Waals surface area contributed by atoms with Gasteiger partial charge < -0.3 is 9.88 Å². The van der Waals surface area contributed by atoms with E-state index in [1.165, 1.54) is 6.08 Å². The molecule has 0 radical (unpaired) electrons. The second-order valence-electron chi connectivity index (χ2n) is 9.11. The highest BCUT2D eigenvalue weighted by Gasteiger charge is 2.33. The highest BCUT2D eigenvalue weighted by molar-refractivity contribution is 5.87. The number of hydrogen-bond acceptors (Lipinski definition) is 5. The Hall–Kier alpha value is -3.98. The summed E-state index contributed by atoms with van der Waals surface area (Å²) in [6.45, 7) is 5.90. The third kappa shape index (κ3) is 5.41. The molecule has 2 aromatic rings. The van der Waals surface area contributed by atoms with Crippen LogP contribution in [0.15, 0.2) is 77.9 Å². The molecule has 0 fully saturated rings. The fourth-order valence-electron chi connectivity index (χ4n) is 4.41. The monoisotopic (exact) mass is 505 g/mol. The average molecular weight is 506 g/mol. The molecular weight excluding hydrogens is 479 g/mol. The standard InChI is InChI=1S/C28H26F3N5O/c1-17(2)33-24-16-27-25(15-23(24)34-21-11-7-13-32-18(21)3)35-22-10-4-5-12-26(22)36(27)19-8-6-9-20(14-19)37-28(29,30)31/h4-8,10-17,20,34H,9H2,1-3H3. The molecule has 3 aliphatic rings. The minimum atomic E-state index is -4.72. The lowest BCUT2D eigenvalue weighted by Crippen LogP contribution is -2.24. The van der Waals surface area contributed by atoms with Crippen molar-refractivity contribution in [2.75, 3.05) is 5.32 Å². The van der Waals surface area contributed by atoms with Crippen molar-refractivity contribution in [1.82, 2.24) is 14.5 Å². The van der Waals surface area contributed by atoms with E-state index in [4.69, 9.17) is 9.98 Å². The van der Waals surface area contributed by atoms with Crippen LogP contribution in [0.5, 0.6) is 0 Å². The fraction of sp³-hybridized carbons (Fsp3) is 0.250. The molecule has 1 aliphatic heterocycles. The third-order valence-corrected chi connectivity index (χ3v) is 5.93. The number of halogens is 3. The minimum Gasteiger partial charge on any atom is -0.352 e. The van der Waals surface area contributed by atoms with E-state index in [0.717, 1.165) is 28.3 Å².